The van der Waals surface area contributed by atoms with Gasteiger partial charge in [0.15, 0.2) is 0 Å². The maximum atomic E-state index is 13.5. The second-order valence-electron chi connectivity index (χ2n) is 7.06. The van der Waals surface area contributed by atoms with E-state index in [0.29, 0.717) is 30.6 Å². The molecule has 142 valence electrons. The van der Waals surface area contributed by atoms with E-state index in [4.69, 9.17) is 4.74 Å². The summed E-state index contributed by atoms with van der Waals surface area (Å²) in [6, 6.07) is 4.63. The van der Waals surface area contributed by atoms with Gasteiger partial charge in [-0.15, -0.1) is 0 Å². The van der Waals surface area contributed by atoms with Crippen LogP contribution in [0.25, 0.3) is 0 Å². The molecule has 7 heteroatoms. The number of nitrogens with zero attached hydrogens (tertiary/aromatic N) is 1. The number of nitrogens with one attached hydrogen (secondary N) is 2. The zero-order chi connectivity index (χ0) is 18.5. The van der Waals surface area contributed by atoms with Crippen LogP contribution < -0.4 is 10.6 Å². The van der Waals surface area contributed by atoms with Crippen LogP contribution in [-0.4, -0.2) is 55.7 Å². The zero-order valence-corrected chi connectivity index (χ0v) is 15.1. The average Bonchev–Trinajstić information content (AvgIpc) is 3.34. The van der Waals surface area contributed by atoms with E-state index in [9.17, 15) is 14.0 Å². The predicted molar refractivity (Wildman–Crippen MR) is 95.5 cm³/mol. The number of rotatable bonds is 7. The molecule has 0 bridgehead atoms. The molecule has 1 aromatic carbocycles. The Labute approximate surface area is 153 Å². The van der Waals surface area contributed by atoms with Gasteiger partial charge in [-0.25, -0.2) is 9.18 Å². The van der Waals surface area contributed by atoms with E-state index in [0.717, 1.165) is 39.0 Å². The average molecular weight is 363 g/mol. The highest BCUT2D eigenvalue weighted by molar-refractivity contribution is 5.94. The van der Waals surface area contributed by atoms with Gasteiger partial charge >= 0.3 is 6.03 Å². The first-order valence-electron chi connectivity index (χ1n) is 9.21. The fourth-order valence-electron chi connectivity index (χ4n) is 3.07. The van der Waals surface area contributed by atoms with Crippen LogP contribution in [0.15, 0.2) is 18.2 Å². The van der Waals surface area contributed by atoms with Crippen molar-refractivity contribution in [3.05, 3.63) is 35.1 Å². The van der Waals surface area contributed by atoms with Crippen LogP contribution in [0.4, 0.5) is 9.18 Å². The number of urea groups is 1. The largest absolute Gasteiger partial charge is 0.381 e. The van der Waals surface area contributed by atoms with Crippen LogP contribution in [0.3, 0.4) is 0 Å². The van der Waals surface area contributed by atoms with Gasteiger partial charge in [-0.3, -0.25) is 4.79 Å². The second-order valence-corrected chi connectivity index (χ2v) is 7.06. The first-order valence-corrected chi connectivity index (χ1v) is 9.21. The van der Waals surface area contributed by atoms with Crippen molar-refractivity contribution < 1.29 is 18.7 Å². The molecule has 1 aromatic rings. The molecule has 1 saturated heterocycles. The highest BCUT2D eigenvalue weighted by Crippen LogP contribution is 2.28. The summed E-state index contributed by atoms with van der Waals surface area (Å²) in [4.78, 5) is 26.3. The summed E-state index contributed by atoms with van der Waals surface area (Å²) < 4.78 is 18.9. The molecule has 6 nitrogen and oxygen atoms in total. The lowest BCUT2D eigenvalue weighted by Gasteiger charge is -2.25. The molecule has 1 atom stereocenters. The molecule has 26 heavy (non-hydrogen) atoms. The standard InChI is InChI=1S/C19H26FN3O3/c1-13-2-3-15(10-17(13)20)18(24)21-7-8-22-19(25)23(16-4-5-16)11-14-6-9-26-12-14/h2-3,10,14,16H,4-9,11-12H2,1H3,(H,21,24)(H,22,25). The summed E-state index contributed by atoms with van der Waals surface area (Å²) in [5.74, 6) is -0.334. The molecule has 3 rings (SSSR count). The molecule has 0 spiro atoms. The van der Waals surface area contributed by atoms with Gasteiger partial charge in [-0.05, 0) is 43.9 Å². The highest BCUT2D eigenvalue weighted by atomic mass is 19.1. The van der Waals surface area contributed by atoms with Crippen molar-refractivity contribution in [3.8, 4) is 0 Å². The predicted octanol–water partition coefficient (Wildman–Crippen LogP) is 2.07. The van der Waals surface area contributed by atoms with Gasteiger partial charge < -0.3 is 20.3 Å². The van der Waals surface area contributed by atoms with Gasteiger partial charge in [0.1, 0.15) is 5.82 Å². The number of hydrogen-bond acceptors (Lipinski definition) is 3. The fourth-order valence-corrected chi connectivity index (χ4v) is 3.07. The lowest BCUT2D eigenvalue weighted by Crippen LogP contribution is -2.46. The second kappa shape index (κ2) is 8.49. The minimum atomic E-state index is -0.401. The molecule has 1 saturated carbocycles. The number of hydrogen-bond donors (Lipinski definition) is 2. The van der Waals surface area contributed by atoms with E-state index >= 15 is 0 Å². The monoisotopic (exact) mass is 363 g/mol. The van der Waals surface area contributed by atoms with Crippen molar-refractivity contribution >= 4 is 11.9 Å². The summed E-state index contributed by atoms with van der Waals surface area (Å²) in [7, 11) is 0. The Morgan fingerprint density at radius 1 is 1.23 bits per heavy atom. The van der Waals surface area contributed by atoms with Crippen molar-refractivity contribution in [1.29, 1.82) is 0 Å². The van der Waals surface area contributed by atoms with E-state index in [2.05, 4.69) is 10.6 Å². The number of halogens is 1. The van der Waals surface area contributed by atoms with Crippen molar-refractivity contribution in [3.63, 3.8) is 0 Å². The Bertz CT molecular complexity index is 657. The Morgan fingerprint density at radius 3 is 2.65 bits per heavy atom. The zero-order valence-electron chi connectivity index (χ0n) is 15.1. The molecular formula is C19H26FN3O3. The lowest BCUT2D eigenvalue weighted by atomic mass is 10.1. The summed E-state index contributed by atoms with van der Waals surface area (Å²) >= 11 is 0. The molecule has 2 fully saturated rings. The maximum Gasteiger partial charge on any atom is 0.317 e. The summed E-state index contributed by atoms with van der Waals surface area (Å²) in [5, 5.41) is 5.56. The number of ether oxygens (including phenoxy) is 1. The minimum Gasteiger partial charge on any atom is -0.381 e. The summed E-state index contributed by atoms with van der Waals surface area (Å²) in [5.41, 5.74) is 0.780. The third-order valence-electron chi connectivity index (χ3n) is 4.85. The van der Waals surface area contributed by atoms with Gasteiger partial charge in [0, 0.05) is 43.8 Å². The van der Waals surface area contributed by atoms with E-state index in [1.54, 1.807) is 19.1 Å². The quantitative estimate of drug-likeness (QED) is 0.729. The van der Waals surface area contributed by atoms with Crippen LogP contribution in [0.2, 0.25) is 0 Å². The molecule has 1 aliphatic heterocycles. The first kappa shape index (κ1) is 18.6. The Hall–Kier alpha value is -2.15. The minimum absolute atomic E-state index is 0.0879. The van der Waals surface area contributed by atoms with Crippen molar-refractivity contribution in [2.75, 3.05) is 32.8 Å². The van der Waals surface area contributed by atoms with Crippen LogP contribution >= 0.6 is 0 Å². The first-order chi connectivity index (χ1) is 12.5. The Balaban J connectivity index is 1.40. The van der Waals surface area contributed by atoms with Gasteiger partial charge in [0.05, 0.1) is 6.61 Å². The number of carbonyl (C=O) groups excluding carboxylic acids is 2. The van der Waals surface area contributed by atoms with Gasteiger partial charge in [-0.2, -0.15) is 0 Å². The van der Waals surface area contributed by atoms with E-state index < -0.39 is 5.82 Å². The van der Waals surface area contributed by atoms with Crippen LogP contribution in [0.1, 0.15) is 35.2 Å². The van der Waals surface area contributed by atoms with E-state index in [1.165, 1.54) is 6.07 Å². The van der Waals surface area contributed by atoms with Gasteiger partial charge in [0.2, 0.25) is 0 Å². The van der Waals surface area contributed by atoms with Crippen LogP contribution in [0.5, 0.6) is 0 Å². The number of carbonyl (C=O) groups is 2. The molecule has 3 amide bonds. The fraction of sp³-hybridized carbons (Fsp3) is 0.579. The van der Waals surface area contributed by atoms with Crippen LogP contribution in [0, 0.1) is 18.7 Å². The SMILES string of the molecule is Cc1ccc(C(=O)NCCNC(=O)N(CC2CCOC2)C2CC2)cc1F. The van der Waals surface area contributed by atoms with E-state index in [-0.39, 0.29) is 17.5 Å². The summed E-state index contributed by atoms with van der Waals surface area (Å²) in [6.45, 7) is 4.51. The van der Waals surface area contributed by atoms with Gasteiger partial charge in [0.25, 0.3) is 5.91 Å². The van der Waals surface area contributed by atoms with Crippen molar-refractivity contribution in [2.24, 2.45) is 5.92 Å². The Kier molecular flexibility index (Phi) is 6.08. The summed E-state index contributed by atoms with van der Waals surface area (Å²) in [6.07, 6.45) is 3.10. The van der Waals surface area contributed by atoms with Crippen molar-refractivity contribution in [2.45, 2.75) is 32.2 Å². The van der Waals surface area contributed by atoms with E-state index in [1.807, 2.05) is 4.90 Å². The third kappa shape index (κ3) is 4.94. The molecule has 2 aliphatic rings. The molecule has 0 aromatic heterocycles. The molecule has 0 radical (unpaired) electrons. The normalized spacial score (nSPS) is 19.2. The highest BCUT2D eigenvalue weighted by Gasteiger charge is 2.34. The van der Waals surface area contributed by atoms with Crippen molar-refractivity contribution in [1.82, 2.24) is 15.5 Å². The smallest absolute Gasteiger partial charge is 0.317 e. The molecule has 1 heterocycles. The molecule has 1 unspecified atom stereocenters. The maximum absolute atomic E-state index is 13.5. The number of benzene rings is 1. The molecule has 2 N–H and O–H groups in total. The third-order valence-corrected chi connectivity index (χ3v) is 4.85. The lowest BCUT2D eigenvalue weighted by molar-refractivity contribution is 0.0952. The number of aryl methyl sites for hydroxylation is 1. The topological polar surface area (TPSA) is 70.7 Å². The van der Waals surface area contributed by atoms with Crippen LogP contribution in [-0.2, 0) is 4.74 Å². The van der Waals surface area contributed by atoms with Gasteiger partial charge in [-0.1, -0.05) is 6.07 Å². The molecule has 1 aliphatic carbocycles. The number of amides is 3. The molecular weight excluding hydrogens is 337 g/mol. The Morgan fingerprint density at radius 2 is 2.00 bits per heavy atom.